The smallest absolute Gasteiger partial charge is 0.416 e. The van der Waals surface area contributed by atoms with Gasteiger partial charge in [0.05, 0.1) is 12.1 Å². The Bertz CT molecular complexity index is 437. The van der Waals surface area contributed by atoms with Crippen molar-refractivity contribution >= 4 is 5.90 Å². The maximum absolute atomic E-state index is 12.6. The Balaban J connectivity index is 2.43. The molecule has 0 aliphatic carbocycles. The molecule has 1 heterocycles. The zero-order chi connectivity index (χ0) is 11.8. The van der Waals surface area contributed by atoms with E-state index >= 15 is 0 Å². The van der Waals surface area contributed by atoms with Crippen LogP contribution in [-0.4, -0.2) is 19.0 Å². The highest BCUT2D eigenvalue weighted by Crippen LogP contribution is 2.32. The summed E-state index contributed by atoms with van der Waals surface area (Å²) in [6.07, 6.45) is -4.33. The monoisotopic (exact) mass is 229 g/mol. The van der Waals surface area contributed by atoms with Crippen LogP contribution in [0.3, 0.4) is 0 Å². The molecule has 2 nitrogen and oxygen atoms in total. The molecule has 0 saturated heterocycles. The molecule has 0 fully saturated rings. The SMILES string of the molecule is Cc1ccc(C2=NCCO2)cc1C(F)(F)F. The van der Waals surface area contributed by atoms with Crippen molar-refractivity contribution in [2.45, 2.75) is 13.1 Å². The summed E-state index contributed by atoms with van der Waals surface area (Å²) in [7, 11) is 0. The Morgan fingerprint density at radius 1 is 1.31 bits per heavy atom. The lowest BCUT2D eigenvalue weighted by Crippen LogP contribution is -2.10. The van der Waals surface area contributed by atoms with E-state index in [2.05, 4.69) is 4.99 Å². The molecule has 0 amide bonds. The largest absolute Gasteiger partial charge is 0.476 e. The molecule has 86 valence electrons. The fraction of sp³-hybridized carbons (Fsp3) is 0.364. The van der Waals surface area contributed by atoms with Crippen molar-refractivity contribution in [3.8, 4) is 0 Å². The van der Waals surface area contributed by atoms with Crippen LogP contribution in [0.25, 0.3) is 0 Å². The molecule has 0 bridgehead atoms. The average Bonchev–Trinajstić information content (AvgIpc) is 2.69. The Morgan fingerprint density at radius 3 is 2.62 bits per heavy atom. The van der Waals surface area contributed by atoms with Gasteiger partial charge in [0.15, 0.2) is 0 Å². The minimum Gasteiger partial charge on any atom is -0.476 e. The first kappa shape index (κ1) is 11.0. The molecule has 0 N–H and O–H groups in total. The van der Waals surface area contributed by atoms with Crippen LogP contribution < -0.4 is 0 Å². The van der Waals surface area contributed by atoms with Gasteiger partial charge >= 0.3 is 6.18 Å². The lowest BCUT2D eigenvalue weighted by molar-refractivity contribution is -0.138. The second-order valence-electron chi connectivity index (χ2n) is 3.56. The van der Waals surface area contributed by atoms with Crippen molar-refractivity contribution in [1.29, 1.82) is 0 Å². The number of ether oxygens (including phenoxy) is 1. The van der Waals surface area contributed by atoms with Crippen LogP contribution in [-0.2, 0) is 10.9 Å². The van der Waals surface area contributed by atoms with Gasteiger partial charge in [-0.25, -0.2) is 4.99 Å². The van der Waals surface area contributed by atoms with Crippen LogP contribution in [0.15, 0.2) is 23.2 Å². The Morgan fingerprint density at radius 2 is 2.06 bits per heavy atom. The molecular weight excluding hydrogens is 219 g/mol. The molecule has 0 spiro atoms. The van der Waals surface area contributed by atoms with E-state index in [1.165, 1.54) is 13.0 Å². The lowest BCUT2D eigenvalue weighted by Gasteiger charge is -2.11. The molecule has 0 unspecified atom stereocenters. The fourth-order valence-electron chi connectivity index (χ4n) is 1.57. The van der Waals surface area contributed by atoms with E-state index in [4.69, 9.17) is 4.74 Å². The zero-order valence-corrected chi connectivity index (χ0v) is 8.64. The first-order valence-electron chi connectivity index (χ1n) is 4.84. The third kappa shape index (κ3) is 2.03. The Kier molecular flexibility index (Phi) is 2.61. The molecular formula is C11H10F3NO. The van der Waals surface area contributed by atoms with Crippen molar-refractivity contribution in [2.24, 2.45) is 4.99 Å². The highest BCUT2D eigenvalue weighted by molar-refractivity contribution is 5.95. The first-order chi connectivity index (χ1) is 7.48. The van der Waals surface area contributed by atoms with Gasteiger partial charge in [-0.15, -0.1) is 0 Å². The number of halogens is 3. The zero-order valence-electron chi connectivity index (χ0n) is 8.64. The lowest BCUT2D eigenvalue weighted by atomic mass is 10.0. The van der Waals surface area contributed by atoms with E-state index in [-0.39, 0.29) is 5.56 Å². The number of rotatable bonds is 1. The second kappa shape index (κ2) is 3.81. The summed E-state index contributed by atoms with van der Waals surface area (Å²) in [6.45, 7) is 2.37. The summed E-state index contributed by atoms with van der Waals surface area (Å²) in [6, 6.07) is 4.11. The van der Waals surface area contributed by atoms with Crippen molar-refractivity contribution in [2.75, 3.05) is 13.2 Å². The third-order valence-electron chi connectivity index (χ3n) is 2.38. The van der Waals surface area contributed by atoms with Crippen LogP contribution in [0.1, 0.15) is 16.7 Å². The van der Waals surface area contributed by atoms with Gasteiger partial charge in [0.1, 0.15) is 6.61 Å². The van der Waals surface area contributed by atoms with Gasteiger partial charge in [0.2, 0.25) is 5.90 Å². The maximum Gasteiger partial charge on any atom is 0.416 e. The van der Waals surface area contributed by atoms with Gasteiger partial charge in [0, 0.05) is 5.56 Å². The summed E-state index contributed by atoms with van der Waals surface area (Å²) < 4.78 is 43.0. The summed E-state index contributed by atoms with van der Waals surface area (Å²) in [4.78, 5) is 3.99. The van der Waals surface area contributed by atoms with Gasteiger partial charge < -0.3 is 4.74 Å². The Hall–Kier alpha value is -1.52. The van der Waals surface area contributed by atoms with E-state index in [0.29, 0.717) is 24.6 Å². The fourth-order valence-corrected chi connectivity index (χ4v) is 1.57. The molecule has 0 radical (unpaired) electrons. The number of nitrogens with zero attached hydrogens (tertiary/aromatic N) is 1. The normalized spacial score (nSPS) is 15.9. The van der Waals surface area contributed by atoms with Crippen LogP contribution in [0, 0.1) is 6.92 Å². The predicted octanol–water partition coefficient (Wildman–Crippen LogP) is 2.79. The standard InChI is InChI=1S/C11H10F3NO/c1-7-2-3-8(10-15-4-5-16-10)6-9(7)11(12,13)14/h2-3,6H,4-5H2,1H3. The summed E-state index contributed by atoms with van der Waals surface area (Å²) in [5, 5.41) is 0. The number of aryl methyl sites for hydroxylation is 1. The molecule has 2 rings (SSSR count). The average molecular weight is 229 g/mol. The molecule has 0 aromatic heterocycles. The van der Waals surface area contributed by atoms with Crippen LogP contribution in [0.4, 0.5) is 13.2 Å². The molecule has 0 saturated carbocycles. The van der Waals surface area contributed by atoms with E-state index < -0.39 is 11.7 Å². The minimum absolute atomic E-state index is 0.204. The number of benzene rings is 1. The van der Waals surface area contributed by atoms with Gasteiger partial charge in [-0.3, -0.25) is 0 Å². The van der Waals surface area contributed by atoms with Gasteiger partial charge in [-0.05, 0) is 24.6 Å². The van der Waals surface area contributed by atoms with E-state index in [1.54, 1.807) is 6.07 Å². The topological polar surface area (TPSA) is 21.6 Å². The predicted molar refractivity (Wildman–Crippen MR) is 53.5 cm³/mol. The molecule has 1 aromatic carbocycles. The first-order valence-corrected chi connectivity index (χ1v) is 4.84. The number of alkyl halides is 3. The summed E-state index contributed by atoms with van der Waals surface area (Å²) in [5.74, 6) is 0.297. The van der Waals surface area contributed by atoms with Gasteiger partial charge in [-0.1, -0.05) is 6.07 Å². The van der Waals surface area contributed by atoms with E-state index in [1.807, 2.05) is 0 Å². The van der Waals surface area contributed by atoms with Crippen molar-refractivity contribution in [1.82, 2.24) is 0 Å². The Labute approximate surface area is 90.8 Å². The summed E-state index contributed by atoms with van der Waals surface area (Å²) in [5.41, 5.74) is -0.0477. The molecule has 0 atom stereocenters. The number of hydrogen-bond donors (Lipinski definition) is 0. The van der Waals surface area contributed by atoms with E-state index in [9.17, 15) is 13.2 Å². The van der Waals surface area contributed by atoms with Crippen LogP contribution in [0.5, 0.6) is 0 Å². The highest BCUT2D eigenvalue weighted by Gasteiger charge is 2.33. The van der Waals surface area contributed by atoms with Gasteiger partial charge in [-0.2, -0.15) is 13.2 Å². The number of hydrogen-bond acceptors (Lipinski definition) is 2. The third-order valence-corrected chi connectivity index (χ3v) is 2.38. The second-order valence-corrected chi connectivity index (χ2v) is 3.56. The quantitative estimate of drug-likeness (QED) is 0.725. The molecule has 1 aliphatic heterocycles. The van der Waals surface area contributed by atoms with Gasteiger partial charge in [0.25, 0.3) is 0 Å². The molecule has 1 aromatic rings. The number of aliphatic imine (C=N–C) groups is 1. The summed E-state index contributed by atoms with van der Waals surface area (Å²) >= 11 is 0. The van der Waals surface area contributed by atoms with Crippen molar-refractivity contribution in [3.05, 3.63) is 34.9 Å². The maximum atomic E-state index is 12.6. The highest BCUT2D eigenvalue weighted by atomic mass is 19.4. The molecule has 5 heteroatoms. The van der Waals surface area contributed by atoms with Crippen LogP contribution >= 0.6 is 0 Å². The minimum atomic E-state index is -4.33. The molecule has 1 aliphatic rings. The molecule has 16 heavy (non-hydrogen) atoms. The van der Waals surface area contributed by atoms with E-state index in [0.717, 1.165) is 6.07 Å². The van der Waals surface area contributed by atoms with Crippen molar-refractivity contribution in [3.63, 3.8) is 0 Å². The van der Waals surface area contributed by atoms with Crippen molar-refractivity contribution < 1.29 is 17.9 Å². The van der Waals surface area contributed by atoms with Crippen LogP contribution in [0.2, 0.25) is 0 Å².